The van der Waals surface area contributed by atoms with Crippen LogP contribution in [-0.4, -0.2) is 12.1 Å². The maximum Gasteiger partial charge on any atom is 0.232 e. The van der Waals surface area contributed by atoms with Crippen molar-refractivity contribution < 1.29 is 4.74 Å². The van der Waals surface area contributed by atoms with Crippen LogP contribution in [0.25, 0.3) is 0 Å². The number of nitrogens with zero attached hydrogens (tertiary/aromatic N) is 1. The molecule has 0 unspecified atom stereocenters. The van der Waals surface area contributed by atoms with Crippen molar-refractivity contribution in [2.24, 2.45) is 0 Å². The molecule has 4 heteroatoms. The SMILES string of the molecule is COc1ncc(Br)cc1Cl. The zero-order valence-corrected chi connectivity index (χ0v) is 7.61. The largest absolute Gasteiger partial charge is 0.480 e. The van der Waals surface area contributed by atoms with Crippen molar-refractivity contribution in [2.75, 3.05) is 7.11 Å². The van der Waals surface area contributed by atoms with E-state index in [0.717, 1.165) is 4.47 Å². The molecule has 0 radical (unpaired) electrons. The molecule has 1 aromatic heterocycles. The second-order valence-corrected chi connectivity index (χ2v) is 2.97. The average molecular weight is 222 g/mol. The van der Waals surface area contributed by atoms with E-state index in [1.165, 1.54) is 7.11 Å². The predicted molar refractivity (Wildman–Crippen MR) is 43.5 cm³/mol. The van der Waals surface area contributed by atoms with Crippen molar-refractivity contribution in [3.63, 3.8) is 0 Å². The Morgan fingerprint density at radius 2 is 2.40 bits per heavy atom. The van der Waals surface area contributed by atoms with E-state index in [2.05, 4.69) is 20.9 Å². The minimum Gasteiger partial charge on any atom is -0.480 e. The zero-order valence-electron chi connectivity index (χ0n) is 5.27. The Hall–Kier alpha value is -0.280. The van der Waals surface area contributed by atoms with Gasteiger partial charge in [-0.3, -0.25) is 0 Å². The molecule has 0 saturated carbocycles. The van der Waals surface area contributed by atoms with Gasteiger partial charge < -0.3 is 4.74 Å². The van der Waals surface area contributed by atoms with Crippen LogP contribution in [0.3, 0.4) is 0 Å². The van der Waals surface area contributed by atoms with E-state index in [9.17, 15) is 0 Å². The highest BCUT2D eigenvalue weighted by molar-refractivity contribution is 9.10. The molecule has 0 aromatic carbocycles. The van der Waals surface area contributed by atoms with Crippen LogP contribution in [0.15, 0.2) is 16.7 Å². The molecule has 54 valence electrons. The Labute approximate surface area is 72.3 Å². The van der Waals surface area contributed by atoms with Gasteiger partial charge in [0.15, 0.2) is 0 Å². The normalized spacial score (nSPS) is 9.50. The molecular formula is C6H5BrClNO. The number of hydrogen-bond acceptors (Lipinski definition) is 2. The highest BCUT2D eigenvalue weighted by Gasteiger charge is 1.99. The zero-order chi connectivity index (χ0) is 7.56. The van der Waals surface area contributed by atoms with Crippen molar-refractivity contribution in [1.29, 1.82) is 0 Å². The summed E-state index contributed by atoms with van der Waals surface area (Å²) in [6, 6.07) is 1.73. The molecule has 0 aliphatic heterocycles. The van der Waals surface area contributed by atoms with Crippen LogP contribution in [0, 0.1) is 0 Å². The van der Waals surface area contributed by atoms with Gasteiger partial charge in [-0.05, 0) is 22.0 Å². The molecule has 2 nitrogen and oxygen atoms in total. The minimum atomic E-state index is 0.449. The molecule has 0 bridgehead atoms. The molecule has 1 heterocycles. The lowest BCUT2D eigenvalue weighted by molar-refractivity contribution is 0.398. The van der Waals surface area contributed by atoms with Gasteiger partial charge in [-0.25, -0.2) is 4.98 Å². The molecule has 0 saturated heterocycles. The first-order valence-corrected chi connectivity index (χ1v) is 3.76. The van der Waals surface area contributed by atoms with Gasteiger partial charge in [-0.1, -0.05) is 11.6 Å². The average Bonchev–Trinajstić information content (AvgIpc) is 1.88. The van der Waals surface area contributed by atoms with E-state index in [1.54, 1.807) is 12.3 Å². The lowest BCUT2D eigenvalue weighted by Gasteiger charge is -1.99. The van der Waals surface area contributed by atoms with Crippen molar-refractivity contribution in [2.45, 2.75) is 0 Å². The number of rotatable bonds is 1. The summed E-state index contributed by atoms with van der Waals surface area (Å²) in [5, 5.41) is 0.511. The fourth-order valence-corrected chi connectivity index (χ4v) is 1.26. The van der Waals surface area contributed by atoms with Crippen LogP contribution in [-0.2, 0) is 0 Å². The Balaban J connectivity index is 3.07. The van der Waals surface area contributed by atoms with E-state index < -0.39 is 0 Å². The van der Waals surface area contributed by atoms with Gasteiger partial charge >= 0.3 is 0 Å². The highest BCUT2D eigenvalue weighted by atomic mass is 79.9. The number of ether oxygens (including phenoxy) is 1. The summed E-state index contributed by atoms with van der Waals surface area (Å²) in [5.74, 6) is 0.449. The third-order valence-corrected chi connectivity index (χ3v) is 1.67. The van der Waals surface area contributed by atoms with Crippen LogP contribution < -0.4 is 4.74 Å². The summed E-state index contributed by atoms with van der Waals surface area (Å²) in [7, 11) is 1.53. The third kappa shape index (κ3) is 1.61. The first-order chi connectivity index (χ1) is 4.74. The molecule has 0 spiro atoms. The molecule has 0 aliphatic carbocycles. The van der Waals surface area contributed by atoms with E-state index in [-0.39, 0.29) is 0 Å². The number of halogens is 2. The van der Waals surface area contributed by atoms with E-state index in [1.807, 2.05) is 0 Å². The van der Waals surface area contributed by atoms with Gasteiger partial charge in [0.1, 0.15) is 5.02 Å². The van der Waals surface area contributed by atoms with Crippen molar-refractivity contribution >= 4 is 27.5 Å². The third-order valence-electron chi connectivity index (χ3n) is 0.967. The molecule has 1 rings (SSSR count). The van der Waals surface area contributed by atoms with Gasteiger partial charge in [0.25, 0.3) is 0 Å². The Bertz CT molecular complexity index is 241. The number of methoxy groups -OCH3 is 1. The molecular weight excluding hydrogens is 217 g/mol. The number of pyridine rings is 1. The first kappa shape index (κ1) is 7.82. The molecule has 1 aromatic rings. The Morgan fingerprint density at radius 3 is 2.90 bits per heavy atom. The Kier molecular flexibility index (Phi) is 2.51. The Morgan fingerprint density at radius 1 is 1.70 bits per heavy atom. The standard InChI is InChI=1S/C6H5BrClNO/c1-10-6-5(8)2-4(7)3-9-6/h2-3H,1H3. The molecule has 0 atom stereocenters. The lowest BCUT2D eigenvalue weighted by atomic mass is 10.5. The molecule has 0 fully saturated rings. The highest BCUT2D eigenvalue weighted by Crippen LogP contribution is 2.23. The molecule has 10 heavy (non-hydrogen) atoms. The number of hydrogen-bond donors (Lipinski definition) is 0. The summed E-state index contributed by atoms with van der Waals surface area (Å²) < 4.78 is 5.68. The second-order valence-electron chi connectivity index (χ2n) is 1.64. The summed E-state index contributed by atoms with van der Waals surface area (Å²) in [5.41, 5.74) is 0. The van der Waals surface area contributed by atoms with Crippen molar-refractivity contribution in [3.8, 4) is 5.88 Å². The van der Waals surface area contributed by atoms with Crippen LogP contribution in [0.2, 0.25) is 5.02 Å². The summed E-state index contributed by atoms with van der Waals surface area (Å²) in [4.78, 5) is 3.90. The molecule has 0 amide bonds. The van der Waals surface area contributed by atoms with Gasteiger partial charge in [0, 0.05) is 10.7 Å². The van der Waals surface area contributed by atoms with Crippen molar-refractivity contribution in [1.82, 2.24) is 4.98 Å². The fraction of sp³-hybridized carbons (Fsp3) is 0.167. The quantitative estimate of drug-likeness (QED) is 0.728. The van der Waals surface area contributed by atoms with E-state index in [4.69, 9.17) is 16.3 Å². The van der Waals surface area contributed by atoms with Gasteiger partial charge in [-0.15, -0.1) is 0 Å². The summed E-state index contributed by atoms with van der Waals surface area (Å²) in [6.45, 7) is 0. The summed E-state index contributed by atoms with van der Waals surface area (Å²) in [6.07, 6.45) is 1.63. The molecule has 0 N–H and O–H groups in total. The maximum absolute atomic E-state index is 5.71. The van der Waals surface area contributed by atoms with Crippen LogP contribution in [0.4, 0.5) is 0 Å². The maximum atomic E-state index is 5.71. The molecule has 0 aliphatic rings. The predicted octanol–water partition coefficient (Wildman–Crippen LogP) is 2.51. The first-order valence-electron chi connectivity index (χ1n) is 2.59. The lowest BCUT2D eigenvalue weighted by Crippen LogP contribution is -1.87. The van der Waals surface area contributed by atoms with Crippen molar-refractivity contribution in [3.05, 3.63) is 21.8 Å². The van der Waals surface area contributed by atoms with Gasteiger partial charge in [-0.2, -0.15) is 0 Å². The smallest absolute Gasteiger partial charge is 0.232 e. The topological polar surface area (TPSA) is 22.1 Å². The van der Waals surface area contributed by atoms with Gasteiger partial charge in [0.05, 0.1) is 7.11 Å². The summed E-state index contributed by atoms with van der Waals surface area (Å²) >= 11 is 8.94. The van der Waals surface area contributed by atoms with Gasteiger partial charge in [0.2, 0.25) is 5.88 Å². The monoisotopic (exact) mass is 221 g/mol. The fourth-order valence-electron chi connectivity index (χ4n) is 0.552. The van der Waals surface area contributed by atoms with Crippen LogP contribution in [0.1, 0.15) is 0 Å². The van der Waals surface area contributed by atoms with Crippen LogP contribution in [0.5, 0.6) is 5.88 Å². The minimum absolute atomic E-state index is 0.449. The van der Waals surface area contributed by atoms with E-state index >= 15 is 0 Å². The number of aromatic nitrogens is 1. The van der Waals surface area contributed by atoms with Crippen LogP contribution >= 0.6 is 27.5 Å². The van der Waals surface area contributed by atoms with E-state index in [0.29, 0.717) is 10.9 Å². The second kappa shape index (κ2) is 3.21.